The summed E-state index contributed by atoms with van der Waals surface area (Å²) in [4.78, 5) is 1.26. The molecule has 1 rings (SSSR count). The van der Waals surface area contributed by atoms with E-state index in [1.54, 1.807) is 11.9 Å². The third-order valence-corrected chi connectivity index (χ3v) is 2.52. The summed E-state index contributed by atoms with van der Waals surface area (Å²) >= 11 is 1.64. The van der Waals surface area contributed by atoms with Gasteiger partial charge in [0.1, 0.15) is 0 Å². The molecular weight excluding hydrogens is 180 g/mol. The molecule has 1 aromatic rings. The van der Waals surface area contributed by atoms with Crippen LogP contribution in [-0.2, 0) is 6.42 Å². The van der Waals surface area contributed by atoms with Gasteiger partial charge < -0.3 is 5.32 Å². The fourth-order valence-corrected chi connectivity index (χ4v) is 1.62. The minimum Gasteiger partial charge on any atom is -0.319 e. The van der Waals surface area contributed by atoms with Gasteiger partial charge in [-0.2, -0.15) is 0 Å². The van der Waals surface area contributed by atoms with Gasteiger partial charge in [-0.3, -0.25) is 4.72 Å². The third kappa shape index (κ3) is 3.81. The third-order valence-electron chi connectivity index (χ3n) is 1.81. The number of nitrogens with one attached hydrogen (secondary N) is 2. The van der Waals surface area contributed by atoms with Crippen LogP contribution < -0.4 is 10.0 Å². The summed E-state index contributed by atoms with van der Waals surface area (Å²) in [5, 5.41) is 3.14. The van der Waals surface area contributed by atoms with E-state index in [1.807, 2.05) is 14.1 Å². The Morgan fingerprint density at radius 3 is 2.38 bits per heavy atom. The Hall–Kier alpha value is -0.510. The van der Waals surface area contributed by atoms with Gasteiger partial charge in [0.05, 0.1) is 0 Å². The summed E-state index contributed by atoms with van der Waals surface area (Å²) < 4.78 is 3.05. The summed E-state index contributed by atoms with van der Waals surface area (Å²) in [7, 11) is 3.91. The van der Waals surface area contributed by atoms with Crippen molar-refractivity contribution in [1.82, 2.24) is 10.0 Å². The molecule has 3 heteroatoms. The molecule has 0 heterocycles. The van der Waals surface area contributed by atoms with Crippen molar-refractivity contribution in [3.05, 3.63) is 29.8 Å². The maximum absolute atomic E-state index is 3.14. The Kier molecular flexibility index (Phi) is 4.90. The lowest BCUT2D eigenvalue weighted by atomic mass is 10.1. The minimum absolute atomic E-state index is 1.04. The maximum atomic E-state index is 3.14. The van der Waals surface area contributed by atoms with E-state index >= 15 is 0 Å². The molecule has 72 valence electrons. The summed E-state index contributed by atoms with van der Waals surface area (Å²) in [5.74, 6) is 0. The molecule has 2 nitrogen and oxygen atoms in total. The van der Waals surface area contributed by atoms with E-state index in [0.717, 1.165) is 13.0 Å². The van der Waals surface area contributed by atoms with Crippen molar-refractivity contribution >= 4 is 11.9 Å². The smallest absolute Gasteiger partial charge is 0.0228 e. The highest BCUT2D eigenvalue weighted by molar-refractivity contribution is 7.97. The molecule has 1 aromatic carbocycles. The van der Waals surface area contributed by atoms with Crippen LogP contribution >= 0.6 is 11.9 Å². The first kappa shape index (κ1) is 10.6. The van der Waals surface area contributed by atoms with E-state index in [4.69, 9.17) is 0 Å². The summed E-state index contributed by atoms with van der Waals surface area (Å²) in [5.41, 5.74) is 1.38. The molecular formula is C10H16N2S. The van der Waals surface area contributed by atoms with Crippen LogP contribution in [-0.4, -0.2) is 20.6 Å². The molecule has 0 aliphatic heterocycles. The molecule has 0 aliphatic rings. The second-order valence-corrected chi connectivity index (χ2v) is 3.89. The zero-order valence-corrected chi connectivity index (χ0v) is 8.95. The molecule has 0 amide bonds. The van der Waals surface area contributed by atoms with Crippen molar-refractivity contribution in [3.63, 3.8) is 0 Å². The first-order valence-corrected chi connectivity index (χ1v) is 5.25. The predicted octanol–water partition coefficient (Wildman–Crippen LogP) is 1.68. The molecule has 0 bridgehead atoms. The molecule has 0 atom stereocenters. The lowest BCUT2D eigenvalue weighted by Gasteiger charge is -2.02. The molecule has 0 unspecified atom stereocenters. The van der Waals surface area contributed by atoms with Gasteiger partial charge in [0.25, 0.3) is 0 Å². The lowest BCUT2D eigenvalue weighted by molar-refractivity contribution is 0.791. The highest BCUT2D eigenvalue weighted by Gasteiger charge is 1.93. The number of hydrogen-bond donors (Lipinski definition) is 2. The topological polar surface area (TPSA) is 24.1 Å². The molecule has 0 radical (unpaired) electrons. The van der Waals surface area contributed by atoms with E-state index < -0.39 is 0 Å². The first-order chi connectivity index (χ1) is 6.36. The van der Waals surface area contributed by atoms with Crippen LogP contribution in [0.1, 0.15) is 5.56 Å². The maximum Gasteiger partial charge on any atom is 0.0228 e. The average Bonchev–Trinajstić information content (AvgIpc) is 2.17. The van der Waals surface area contributed by atoms with Crippen molar-refractivity contribution in [2.24, 2.45) is 0 Å². The van der Waals surface area contributed by atoms with Crippen molar-refractivity contribution in [3.8, 4) is 0 Å². The van der Waals surface area contributed by atoms with Crippen molar-refractivity contribution in [2.45, 2.75) is 11.3 Å². The molecule has 0 fully saturated rings. The summed E-state index contributed by atoms with van der Waals surface area (Å²) in [6.45, 7) is 1.04. The van der Waals surface area contributed by atoms with Crippen LogP contribution in [0.5, 0.6) is 0 Å². The van der Waals surface area contributed by atoms with E-state index in [-0.39, 0.29) is 0 Å². The van der Waals surface area contributed by atoms with Gasteiger partial charge in [-0.15, -0.1) is 0 Å². The van der Waals surface area contributed by atoms with Gasteiger partial charge in [0.15, 0.2) is 0 Å². The Morgan fingerprint density at radius 2 is 1.85 bits per heavy atom. The van der Waals surface area contributed by atoms with E-state index in [1.165, 1.54) is 10.5 Å². The average molecular weight is 196 g/mol. The van der Waals surface area contributed by atoms with Crippen molar-refractivity contribution in [1.29, 1.82) is 0 Å². The molecule has 0 spiro atoms. The number of benzene rings is 1. The fraction of sp³-hybridized carbons (Fsp3) is 0.400. The molecule has 13 heavy (non-hydrogen) atoms. The van der Waals surface area contributed by atoms with E-state index in [0.29, 0.717) is 0 Å². The lowest BCUT2D eigenvalue weighted by Crippen LogP contribution is -2.10. The number of likely N-dealkylation sites (N-methyl/N-ethyl adjacent to an activating group) is 1. The van der Waals surface area contributed by atoms with Crippen LogP contribution in [0.4, 0.5) is 0 Å². The normalized spacial score (nSPS) is 10.3. The van der Waals surface area contributed by atoms with Gasteiger partial charge >= 0.3 is 0 Å². The zero-order valence-electron chi connectivity index (χ0n) is 8.13. The second-order valence-electron chi connectivity index (χ2n) is 2.80. The van der Waals surface area contributed by atoms with Crippen molar-refractivity contribution in [2.75, 3.05) is 20.6 Å². The quantitative estimate of drug-likeness (QED) is 0.701. The summed E-state index contributed by atoms with van der Waals surface area (Å²) in [6, 6.07) is 8.65. The Bertz CT molecular complexity index is 233. The molecule has 0 aromatic heterocycles. The Morgan fingerprint density at radius 1 is 1.15 bits per heavy atom. The van der Waals surface area contributed by atoms with Gasteiger partial charge in [-0.05, 0) is 56.7 Å². The van der Waals surface area contributed by atoms with Gasteiger partial charge in [-0.25, -0.2) is 0 Å². The SMILES string of the molecule is CNCCc1ccc(SNC)cc1. The monoisotopic (exact) mass is 196 g/mol. The molecule has 0 saturated carbocycles. The Labute approximate surface area is 84.2 Å². The van der Waals surface area contributed by atoms with Gasteiger partial charge in [0, 0.05) is 4.90 Å². The van der Waals surface area contributed by atoms with Crippen LogP contribution in [0.2, 0.25) is 0 Å². The second kappa shape index (κ2) is 6.02. The predicted molar refractivity (Wildman–Crippen MR) is 59.0 cm³/mol. The van der Waals surface area contributed by atoms with Crippen molar-refractivity contribution < 1.29 is 0 Å². The van der Waals surface area contributed by atoms with Gasteiger partial charge in [0.2, 0.25) is 0 Å². The largest absolute Gasteiger partial charge is 0.319 e. The van der Waals surface area contributed by atoms with Crippen LogP contribution in [0.15, 0.2) is 29.2 Å². The van der Waals surface area contributed by atoms with E-state index in [9.17, 15) is 0 Å². The van der Waals surface area contributed by atoms with Crippen LogP contribution in [0, 0.1) is 0 Å². The Balaban J connectivity index is 2.48. The molecule has 0 aliphatic carbocycles. The highest BCUT2D eigenvalue weighted by Crippen LogP contribution is 2.14. The fourth-order valence-electron chi connectivity index (χ4n) is 1.11. The van der Waals surface area contributed by atoms with Crippen LogP contribution in [0.25, 0.3) is 0 Å². The van der Waals surface area contributed by atoms with Gasteiger partial charge in [-0.1, -0.05) is 12.1 Å². The summed E-state index contributed by atoms with van der Waals surface area (Å²) in [6.07, 6.45) is 1.10. The first-order valence-electron chi connectivity index (χ1n) is 4.44. The highest BCUT2D eigenvalue weighted by atomic mass is 32.2. The van der Waals surface area contributed by atoms with E-state index in [2.05, 4.69) is 34.3 Å². The molecule has 2 N–H and O–H groups in total. The zero-order chi connectivity index (χ0) is 9.52. The van der Waals surface area contributed by atoms with Crippen LogP contribution in [0.3, 0.4) is 0 Å². The standard InChI is InChI=1S/C10H16N2S/c1-11-8-7-9-3-5-10(6-4-9)13-12-2/h3-6,11-12H,7-8H2,1-2H3. The number of hydrogen-bond acceptors (Lipinski definition) is 3. The minimum atomic E-state index is 1.04. The number of rotatable bonds is 5. The molecule has 0 saturated heterocycles.